The van der Waals surface area contributed by atoms with E-state index < -0.39 is 6.09 Å². The fourth-order valence-corrected chi connectivity index (χ4v) is 0.714. The van der Waals surface area contributed by atoms with Gasteiger partial charge in [0.05, 0.1) is 0 Å². The van der Waals surface area contributed by atoms with E-state index in [-0.39, 0.29) is 0 Å². The van der Waals surface area contributed by atoms with Crippen LogP contribution in [0.2, 0.25) is 0 Å². The standard InChI is InChI=1S/C9H14N2O2/c1-4-8(10-5-2)6-7-11(3)9(12)13/h4-5H,1-2,6-7H2,3H3,(H,12,13). The Morgan fingerprint density at radius 3 is 2.62 bits per heavy atom. The minimum atomic E-state index is -0.943. The third-order valence-electron chi connectivity index (χ3n) is 1.52. The maximum Gasteiger partial charge on any atom is 0.407 e. The molecule has 72 valence electrons. The van der Waals surface area contributed by atoms with E-state index >= 15 is 0 Å². The number of hydrogen-bond acceptors (Lipinski definition) is 2. The van der Waals surface area contributed by atoms with Gasteiger partial charge in [-0.25, -0.2) is 4.79 Å². The van der Waals surface area contributed by atoms with Crippen molar-refractivity contribution >= 4 is 11.8 Å². The second kappa shape index (κ2) is 5.99. The molecule has 4 nitrogen and oxygen atoms in total. The van der Waals surface area contributed by atoms with E-state index in [2.05, 4.69) is 18.2 Å². The molecule has 0 rings (SSSR count). The number of carbonyl (C=O) groups is 1. The van der Waals surface area contributed by atoms with Crippen molar-refractivity contribution in [3.8, 4) is 0 Å². The molecule has 0 fully saturated rings. The average molecular weight is 182 g/mol. The first-order chi connectivity index (χ1) is 6.11. The maximum atomic E-state index is 10.4. The molecule has 0 saturated heterocycles. The monoisotopic (exact) mass is 182 g/mol. The van der Waals surface area contributed by atoms with Crippen LogP contribution in [0.15, 0.2) is 30.4 Å². The third-order valence-corrected chi connectivity index (χ3v) is 1.52. The minimum Gasteiger partial charge on any atom is -0.465 e. The van der Waals surface area contributed by atoms with Crippen LogP contribution in [-0.4, -0.2) is 35.4 Å². The van der Waals surface area contributed by atoms with E-state index in [0.717, 1.165) is 5.71 Å². The van der Waals surface area contributed by atoms with Crippen molar-refractivity contribution < 1.29 is 9.90 Å². The highest BCUT2D eigenvalue weighted by Crippen LogP contribution is 1.93. The molecule has 0 unspecified atom stereocenters. The number of allylic oxidation sites excluding steroid dienone is 1. The quantitative estimate of drug-likeness (QED) is 0.658. The Labute approximate surface area is 77.9 Å². The molecule has 0 aromatic carbocycles. The smallest absolute Gasteiger partial charge is 0.407 e. The van der Waals surface area contributed by atoms with Crippen LogP contribution in [0.3, 0.4) is 0 Å². The lowest BCUT2D eigenvalue weighted by Crippen LogP contribution is -2.26. The van der Waals surface area contributed by atoms with Crippen molar-refractivity contribution in [1.82, 2.24) is 4.90 Å². The molecule has 0 atom stereocenters. The summed E-state index contributed by atoms with van der Waals surface area (Å²) in [4.78, 5) is 15.5. The first kappa shape index (κ1) is 11.4. The van der Waals surface area contributed by atoms with Crippen LogP contribution in [0.25, 0.3) is 0 Å². The number of hydrogen-bond donors (Lipinski definition) is 1. The molecule has 0 aromatic rings. The Hall–Kier alpha value is -1.58. The molecule has 0 spiro atoms. The van der Waals surface area contributed by atoms with Crippen molar-refractivity contribution in [2.75, 3.05) is 13.6 Å². The van der Waals surface area contributed by atoms with Gasteiger partial charge >= 0.3 is 6.09 Å². The lowest BCUT2D eigenvalue weighted by molar-refractivity contribution is 0.157. The predicted octanol–water partition coefficient (Wildman–Crippen LogP) is 1.76. The Morgan fingerprint density at radius 1 is 1.62 bits per heavy atom. The number of amides is 1. The van der Waals surface area contributed by atoms with E-state index in [4.69, 9.17) is 5.11 Å². The first-order valence-corrected chi connectivity index (χ1v) is 3.86. The summed E-state index contributed by atoms with van der Waals surface area (Å²) in [6.07, 6.45) is 2.62. The summed E-state index contributed by atoms with van der Waals surface area (Å²) in [5.41, 5.74) is 0.739. The minimum absolute atomic E-state index is 0.411. The molecule has 13 heavy (non-hydrogen) atoms. The summed E-state index contributed by atoms with van der Waals surface area (Å²) in [5, 5.41) is 8.54. The van der Waals surface area contributed by atoms with Crippen molar-refractivity contribution in [2.45, 2.75) is 6.42 Å². The van der Waals surface area contributed by atoms with E-state index in [0.29, 0.717) is 13.0 Å². The van der Waals surface area contributed by atoms with Crippen molar-refractivity contribution in [3.63, 3.8) is 0 Å². The van der Waals surface area contributed by atoms with Gasteiger partial charge in [-0.3, -0.25) is 4.99 Å². The van der Waals surface area contributed by atoms with Gasteiger partial charge in [-0.15, -0.1) is 0 Å². The molecular formula is C9H14N2O2. The Balaban J connectivity index is 3.99. The third kappa shape index (κ3) is 4.79. The van der Waals surface area contributed by atoms with Crippen LogP contribution in [0.5, 0.6) is 0 Å². The second-order valence-electron chi connectivity index (χ2n) is 2.46. The van der Waals surface area contributed by atoms with Gasteiger partial charge < -0.3 is 10.0 Å². The summed E-state index contributed by atoms with van der Waals surface area (Å²) in [7, 11) is 1.51. The highest BCUT2D eigenvalue weighted by atomic mass is 16.4. The van der Waals surface area contributed by atoms with E-state index in [1.165, 1.54) is 18.1 Å². The van der Waals surface area contributed by atoms with Crippen LogP contribution < -0.4 is 0 Å². The Morgan fingerprint density at radius 2 is 2.23 bits per heavy atom. The summed E-state index contributed by atoms with van der Waals surface area (Å²) >= 11 is 0. The molecule has 0 aliphatic carbocycles. The van der Waals surface area contributed by atoms with Gasteiger partial charge in [-0.2, -0.15) is 0 Å². The van der Waals surface area contributed by atoms with Gasteiger partial charge in [0.1, 0.15) is 0 Å². The highest BCUT2D eigenvalue weighted by molar-refractivity contribution is 5.95. The van der Waals surface area contributed by atoms with Gasteiger partial charge in [-0.05, 0) is 6.08 Å². The number of rotatable bonds is 5. The SMILES string of the molecule is C=CN=C(C=C)CCN(C)C(=O)O. The van der Waals surface area contributed by atoms with Gasteiger partial charge in [0.15, 0.2) is 0 Å². The van der Waals surface area contributed by atoms with Gasteiger partial charge in [0, 0.05) is 31.9 Å². The molecule has 0 saturated carbocycles. The molecule has 0 aliphatic rings. The molecule has 0 aliphatic heterocycles. The van der Waals surface area contributed by atoms with Gasteiger partial charge in [-0.1, -0.05) is 13.2 Å². The number of carboxylic acid groups (broad SMARTS) is 1. The molecule has 0 aromatic heterocycles. The number of nitrogens with zero attached hydrogens (tertiary/aromatic N) is 2. The second-order valence-corrected chi connectivity index (χ2v) is 2.46. The molecule has 1 N–H and O–H groups in total. The topological polar surface area (TPSA) is 52.9 Å². The first-order valence-electron chi connectivity index (χ1n) is 3.86. The molecule has 0 heterocycles. The van der Waals surface area contributed by atoms with Crippen LogP contribution in [0.1, 0.15) is 6.42 Å². The van der Waals surface area contributed by atoms with Gasteiger partial charge in [0.2, 0.25) is 0 Å². The fraction of sp³-hybridized carbons (Fsp3) is 0.333. The largest absolute Gasteiger partial charge is 0.465 e. The molecule has 1 amide bonds. The van der Waals surface area contributed by atoms with Crippen LogP contribution in [0, 0.1) is 0 Å². The Kier molecular flexibility index (Phi) is 5.27. The average Bonchev–Trinajstić information content (AvgIpc) is 2.11. The zero-order chi connectivity index (χ0) is 10.3. The highest BCUT2D eigenvalue weighted by Gasteiger charge is 2.04. The van der Waals surface area contributed by atoms with Gasteiger partial charge in [0.25, 0.3) is 0 Å². The maximum absolute atomic E-state index is 10.4. The van der Waals surface area contributed by atoms with Crippen molar-refractivity contribution in [1.29, 1.82) is 0 Å². The lowest BCUT2D eigenvalue weighted by Gasteiger charge is -2.11. The molecule has 0 radical (unpaired) electrons. The Bertz CT molecular complexity index is 234. The van der Waals surface area contributed by atoms with E-state index in [9.17, 15) is 4.79 Å². The molecule has 0 bridgehead atoms. The van der Waals surface area contributed by atoms with Crippen molar-refractivity contribution in [2.24, 2.45) is 4.99 Å². The summed E-state index contributed by atoms with van der Waals surface area (Å²) in [6, 6.07) is 0. The zero-order valence-electron chi connectivity index (χ0n) is 7.73. The predicted molar refractivity (Wildman–Crippen MR) is 53.1 cm³/mol. The van der Waals surface area contributed by atoms with Crippen molar-refractivity contribution in [3.05, 3.63) is 25.4 Å². The summed E-state index contributed by atoms with van der Waals surface area (Å²) < 4.78 is 0. The normalized spacial score (nSPS) is 10.7. The molecule has 4 heteroatoms. The summed E-state index contributed by atoms with van der Waals surface area (Å²) in [6.45, 7) is 7.41. The molecular weight excluding hydrogens is 168 g/mol. The van der Waals surface area contributed by atoms with Crippen LogP contribution in [-0.2, 0) is 0 Å². The van der Waals surface area contributed by atoms with Crippen LogP contribution in [0.4, 0.5) is 4.79 Å². The van der Waals surface area contributed by atoms with E-state index in [1.807, 2.05) is 0 Å². The summed E-state index contributed by atoms with van der Waals surface area (Å²) in [5.74, 6) is 0. The lowest BCUT2D eigenvalue weighted by atomic mass is 10.2. The fourth-order valence-electron chi connectivity index (χ4n) is 0.714. The zero-order valence-corrected chi connectivity index (χ0v) is 7.73. The van der Waals surface area contributed by atoms with Crippen LogP contribution >= 0.6 is 0 Å². The number of aliphatic imine (C=N–C) groups is 1. The van der Waals surface area contributed by atoms with E-state index in [1.54, 1.807) is 6.08 Å².